The second-order valence-corrected chi connectivity index (χ2v) is 7.05. The summed E-state index contributed by atoms with van der Waals surface area (Å²) in [6, 6.07) is 3.97. The van der Waals surface area contributed by atoms with Gasteiger partial charge in [0.15, 0.2) is 5.82 Å². The highest BCUT2D eigenvalue weighted by Crippen LogP contribution is 2.20. The molecule has 4 rings (SSSR count). The van der Waals surface area contributed by atoms with Gasteiger partial charge in [0.25, 0.3) is 5.91 Å². The molecule has 28 heavy (non-hydrogen) atoms. The van der Waals surface area contributed by atoms with Crippen molar-refractivity contribution < 1.29 is 9.32 Å². The number of aryl methyl sites for hydroxylation is 4. The fraction of sp³-hybridized carbons (Fsp3) is 0.421. The average molecular weight is 381 g/mol. The lowest BCUT2D eigenvalue weighted by Gasteiger charge is -2.35. The van der Waals surface area contributed by atoms with Crippen LogP contribution in [-0.4, -0.2) is 61.9 Å². The number of hydrogen-bond donors (Lipinski definition) is 0. The number of amides is 1. The third-order valence-corrected chi connectivity index (χ3v) is 4.91. The maximum absolute atomic E-state index is 12.6. The van der Waals surface area contributed by atoms with E-state index in [1.807, 2.05) is 42.5 Å². The Morgan fingerprint density at radius 3 is 2.32 bits per heavy atom. The SMILES string of the molecule is Cc1cc(C)n(-c2cc(N3CCN(C(=O)c4cnoc4C)CC3)nc(C)n2)n1. The number of aromatic nitrogens is 5. The first-order chi connectivity index (χ1) is 13.4. The molecule has 0 bridgehead atoms. The highest BCUT2D eigenvalue weighted by atomic mass is 16.5. The Balaban J connectivity index is 1.51. The summed E-state index contributed by atoms with van der Waals surface area (Å²) in [6.07, 6.45) is 1.48. The Morgan fingerprint density at radius 1 is 1.00 bits per heavy atom. The van der Waals surface area contributed by atoms with E-state index in [-0.39, 0.29) is 5.91 Å². The van der Waals surface area contributed by atoms with Crippen molar-refractivity contribution in [1.82, 2.24) is 29.8 Å². The van der Waals surface area contributed by atoms with Crippen molar-refractivity contribution in [3.63, 3.8) is 0 Å². The summed E-state index contributed by atoms with van der Waals surface area (Å²) in [6.45, 7) is 10.2. The highest BCUT2D eigenvalue weighted by molar-refractivity contribution is 5.94. The molecule has 1 saturated heterocycles. The van der Waals surface area contributed by atoms with Gasteiger partial charge in [0, 0.05) is 37.9 Å². The van der Waals surface area contributed by atoms with Crippen LogP contribution in [0.1, 0.15) is 33.3 Å². The number of piperazine rings is 1. The molecule has 1 aliphatic rings. The van der Waals surface area contributed by atoms with E-state index in [1.54, 1.807) is 6.92 Å². The van der Waals surface area contributed by atoms with E-state index in [0.29, 0.717) is 43.3 Å². The number of anilines is 1. The van der Waals surface area contributed by atoms with Crippen LogP contribution in [0.15, 0.2) is 22.9 Å². The number of hydrogen-bond acceptors (Lipinski definition) is 7. The molecule has 4 heterocycles. The normalized spacial score (nSPS) is 14.6. The first kappa shape index (κ1) is 18.1. The van der Waals surface area contributed by atoms with Gasteiger partial charge >= 0.3 is 0 Å². The van der Waals surface area contributed by atoms with Crippen LogP contribution in [0.2, 0.25) is 0 Å². The fourth-order valence-corrected chi connectivity index (χ4v) is 3.48. The molecule has 3 aromatic heterocycles. The van der Waals surface area contributed by atoms with E-state index in [1.165, 1.54) is 6.20 Å². The molecule has 0 aromatic carbocycles. The molecule has 1 fully saturated rings. The standard InChI is InChI=1S/C19H23N7O2/c1-12-9-13(2)26(23-12)18-10-17(21-15(4)22-18)24-5-7-25(8-6-24)19(27)16-11-20-28-14(16)3/h9-11H,5-8H2,1-4H3. The molecule has 0 radical (unpaired) electrons. The summed E-state index contributed by atoms with van der Waals surface area (Å²) in [5, 5.41) is 8.22. The van der Waals surface area contributed by atoms with E-state index in [9.17, 15) is 4.79 Å². The van der Waals surface area contributed by atoms with Crippen LogP contribution in [0.25, 0.3) is 5.82 Å². The van der Waals surface area contributed by atoms with Crippen molar-refractivity contribution in [1.29, 1.82) is 0 Å². The monoisotopic (exact) mass is 381 g/mol. The van der Waals surface area contributed by atoms with E-state index < -0.39 is 0 Å². The van der Waals surface area contributed by atoms with Crippen molar-refractivity contribution in [2.75, 3.05) is 31.1 Å². The number of rotatable bonds is 3. The van der Waals surface area contributed by atoms with Crippen molar-refractivity contribution in [2.45, 2.75) is 27.7 Å². The maximum atomic E-state index is 12.6. The van der Waals surface area contributed by atoms with Crippen LogP contribution >= 0.6 is 0 Å². The topological polar surface area (TPSA) is 93.2 Å². The zero-order valence-corrected chi connectivity index (χ0v) is 16.5. The summed E-state index contributed by atoms with van der Waals surface area (Å²) in [5.41, 5.74) is 2.51. The Kier molecular flexibility index (Phi) is 4.58. The smallest absolute Gasteiger partial charge is 0.259 e. The van der Waals surface area contributed by atoms with Gasteiger partial charge in [0.2, 0.25) is 0 Å². The zero-order chi connectivity index (χ0) is 19.8. The van der Waals surface area contributed by atoms with Crippen LogP contribution in [0.3, 0.4) is 0 Å². The van der Waals surface area contributed by atoms with Crippen LogP contribution in [0, 0.1) is 27.7 Å². The molecule has 0 unspecified atom stereocenters. The van der Waals surface area contributed by atoms with E-state index in [4.69, 9.17) is 4.52 Å². The Hall–Kier alpha value is -3.23. The molecule has 0 atom stereocenters. The Morgan fingerprint density at radius 2 is 1.71 bits per heavy atom. The van der Waals surface area contributed by atoms with Crippen LogP contribution in [-0.2, 0) is 0 Å². The molecule has 1 aliphatic heterocycles. The van der Waals surface area contributed by atoms with Gasteiger partial charge < -0.3 is 14.3 Å². The molecule has 0 N–H and O–H groups in total. The predicted octanol–water partition coefficient (Wildman–Crippen LogP) is 1.85. The minimum Gasteiger partial charge on any atom is -0.361 e. The zero-order valence-electron chi connectivity index (χ0n) is 16.5. The molecule has 0 spiro atoms. The molecule has 0 saturated carbocycles. The van der Waals surface area contributed by atoms with Gasteiger partial charge in [-0.2, -0.15) is 5.10 Å². The quantitative estimate of drug-likeness (QED) is 0.683. The van der Waals surface area contributed by atoms with Gasteiger partial charge in [-0.15, -0.1) is 0 Å². The van der Waals surface area contributed by atoms with Crippen LogP contribution in [0.5, 0.6) is 0 Å². The molecule has 9 heteroatoms. The van der Waals surface area contributed by atoms with Gasteiger partial charge in [-0.1, -0.05) is 5.16 Å². The van der Waals surface area contributed by atoms with E-state index in [2.05, 4.69) is 25.1 Å². The lowest BCUT2D eigenvalue weighted by molar-refractivity contribution is 0.0744. The summed E-state index contributed by atoms with van der Waals surface area (Å²) in [7, 11) is 0. The highest BCUT2D eigenvalue weighted by Gasteiger charge is 2.25. The molecular weight excluding hydrogens is 358 g/mol. The Labute approximate surface area is 163 Å². The van der Waals surface area contributed by atoms with Crippen molar-refractivity contribution in [3.05, 3.63) is 46.9 Å². The van der Waals surface area contributed by atoms with Gasteiger partial charge in [-0.3, -0.25) is 4.79 Å². The molecule has 1 amide bonds. The first-order valence-corrected chi connectivity index (χ1v) is 9.27. The summed E-state index contributed by atoms with van der Waals surface area (Å²) >= 11 is 0. The second-order valence-electron chi connectivity index (χ2n) is 7.05. The number of carbonyl (C=O) groups excluding carboxylic acids is 1. The lowest BCUT2D eigenvalue weighted by Crippen LogP contribution is -2.49. The van der Waals surface area contributed by atoms with Gasteiger partial charge in [0.1, 0.15) is 23.0 Å². The predicted molar refractivity (Wildman–Crippen MR) is 103 cm³/mol. The third kappa shape index (κ3) is 3.35. The molecular formula is C19H23N7O2. The van der Waals surface area contributed by atoms with Crippen molar-refractivity contribution >= 4 is 11.7 Å². The van der Waals surface area contributed by atoms with Crippen LogP contribution in [0.4, 0.5) is 5.82 Å². The van der Waals surface area contributed by atoms with Crippen molar-refractivity contribution in [2.24, 2.45) is 0 Å². The summed E-state index contributed by atoms with van der Waals surface area (Å²) < 4.78 is 6.85. The van der Waals surface area contributed by atoms with Gasteiger partial charge in [-0.05, 0) is 33.8 Å². The minimum absolute atomic E-state index is 0.0411. The molecule has 146 valence electrons. The number of nitrogens with zero attached hydrogens (tertiary/aromatic N) is 7. The summed E-state index contributed by atoms with van der Waals surface area (Å²) in [4.78, 5) is 25.8. The van der Waals surface area contributed by atoms with Gasteiger partial charge in [0.05, 0.1) is 11.9 Å². The fourth-order valence-electron chi connectivity index (χ4n) is 3.48. The minimum atomic E-state index is -0.0411. The number of carbonyl (C=O) groups is 1. The summed E-state index contributed by atoms with van der Waals surface area (Å²) in [5.74, 6) is 2.81. The second kappa shape index (κ2) is 7.06. The van der Waals surface area contributed by atoms with Crippen LogP contribution < -0.4 is 4.90 Å². The molecule has 3 aromatic rings. The van der Waals surface area contributed by atoms with E-state index in [0.717, 1.165) is 23.0 Å². The average Bonchev–Trinajstić information content (AvgIpc) is 3.25. The lowest BCUT2D eigenvalue weighted by atomic mass is 10.2. The largest absolute Gasteiger partial charge is 0.361 e. The molecule has 9 nitrogen and oxygen atoms in total. The van der Waals surface area contributed by atoms with E-state index >= 15 is 0 Å². The Bertz CT molecular complexity index is 1020. The van der Waals surface area contributed by atoms with Gasteiger partial charge in [-0.25, -0.2) is 14.6 Å². The van der Waals surface area contributed by atoms with Crippen molar-refractivity contribution in [3.8, 4) is 5.82 Å². The maximum Gasteiger partial charge on any atom is 0.259 e. The molecule has 0 aliphatic carbocycles. The third-order valence-electron chi connectivity index (χ3n) is 4.91. The first-order valence-electron chi connectivity index (χ1n) is 9.27.